The fourth-order valence-corrected chi connectivity index (χ4v) is 1.51. The minimum atomic E-state index is -0.288. The number of hydrogen-bond donors (Lipinski definition) is 3. The van der Waals surface area contributed by atoms with Crippen molar-refractivity contribution in [2.75, 3.05) is 19.6 Å². The number of ether oxygens (including phenoxy) is 1. The van der Waals surface area contributed by atoms with Crippen LogP contribution < -0.4 is 21.3 Å². The van der Waals surface area contributed by atoms with Gasteiger partial charge in [-0.25, -0.2) is 20.5 Å². The van der Waals surface area contributed by atoms with Gasteiger partial charge in [-0.15, -0.1) is 0 Å². The normalized spacial score (nSPS) is 10.1. The first-order valence-corrected chi connectivity index (χ1v) is 5.35. The Labute approximate surface area is 108 Å². The molecule has 9 nitrogen and oxygen atoms in total. The molecule has 100 valence electrons. The molecule has 0 radical (unpaired) electrons. The zero-order valence-corrected chi connectivity index (χ0v) is 10.4. The Morgan fingerprint density at radius 3 is 2.89 bits per heavy atom. The van der Waals surface area contributed by atoms with Crippen molar-refractivity contribution in [3.63, 3.8) is 0 Å². The molecule has 0 unspecified atom stereocenters. The van der Waals surface area contributed by atoms with Crippen LogP contribution in [-0.4, -0.2) is 39.8 Å². The van der Waals surface area contributed by atoms with Crippen molar-refractivity contribution in [1.82, 2.24) is 25.1 Å². The van der Waals surface area contributed by atoms with Crippen LogP contribution >= 0.6 is 0 Å². The highest BCUT2D eigenvalue weighted by atomic mass is 16.5. The van der Waals surface area contributed by atoms with Gasteiger partial charge in [0.25, 0.3) is 5.91 Å². The zero-order valence-electron chi connectivity index (χ0n) is 10.4. The minimum Gasteiger partial charge on any atom is -0.490 e. The lowest BCUT2D eigenvalue weighted by atomic mass is 10.4. The minimum absolute atomic E-state index is 0.269. The van der Waals surface area contributed by atoms with E-state index in [9.17, 15) is 4.79 Å². The van der Waals surface area contributed by atoms with Gasteiger partial charge in [0.2, 0.25) is 11.6 Å². The molecule has 0 saturated heterocycles. The number of carbonyl (C=O) groups is 1. The Bertz CT molecular complexity index is 595. The van der Waals surface area contributed by atoms with Gasteiger partial charge in [-0.1, -0.05) is 0 Å². The first-order chi connectivity index (χ1) is 9.21. The Hall–Kier alpha value is -2.68. The standard InChI is InChI=1S/C10H13N7O2/c1-12-10(18)6-3-4-17(16-6)9-7(19-2)8(15-11)13-5-14-9/h3-5H,11H2,1-2H3,(H,12,18)(H,13,14,15). The molecular formula is C10H13N7O2. The number of hydrogen-bond acceptors (Lipinski definition) is 7. The Kier molecular flexibility index (Phi) is 3.57. The molecule has 19 heavy (non-hydrogen) atoms. The molecule has 9 heteroatoms. The van der Waals surface area contributed by atoms with E-state index in [1.807, 2.05) is 0 Å². The number of hydrazine groups is 1. The number of nitrogens with zero attached hydrogens (tertiary/aromatic N) is 4. The molecule has 2 aromatic rings. The van der Waals surface area contributed by atoms with Gasteiger partial charge in [-0.3, -0.25) is 4.79 Å². The Morgan fingerprint density at radius 1 is 1.47 bits per heavy atom. The molecule has 2 heterocycles. The number of aromatic nitrogens is 4. The van der Waals surface area contributed by atoms with Crippen molar-refractivity contribution in [3.8, 4) is 11.6 Å². The first kappa shape index (κ1) is 12.8. The summed E-state index contributed by atoms with van der Waals surface area (Å²) >= 11 is 0. The number of rotatable bonds is 4. The number of amides is 1. The number of nitrogens with one attached hydrogen (secondary N) is 2. The molecule has 2 rings (SSSR count). The maximum atomic E-state index is 11.5. The summed E-state index contributed by atoms with van der Waals surface area (Å²) in [4.78, 5) is 19.4. The lowest BCUT2D eigenvalue weighted by molar-refractivity contribution is 0.0957. The van der Waals surface area contributed by atoms with Gasteiger partial charge in [0, 0.05) is 13.2 Å². The summed E-state index contributed by atoms with van der Waals surface area (Å²) in [6.07, 6.45) is 2.91. The average molecular weight is 263 g/mol. The highest BCUT2D eigenvalue weighted by Crippen LogP contribution is 2.26. The summed E-state index contributed by atoms with van der Waals surface area (Å²) in [6.45, 7) is 0. The van der Waals surface area contributed by atoms with E-state index in [-0.39, 0.29) is 11.6 Å². The van der Waals surface area contributed by atoms with Crippen LogP contribution in [-0.2, 0) is 0 Å². The van der Waals surface area contributed by atoms with E-state index in [4.69, 9.17) is 10.6 Å². The van der Waals surface area contributed by atoms with Crippen LogP contribution in [0.2, 0.25) is 0 Å². The second-order valence-electron chi connectivity index (χ2n) is 3.45. The van der Waals surface area contributed by atoms with Gasteiger partial charge in [0.1, 0.15) is 6.33 Å². The van der Waals surface area contributed by atoms with E-state index in [0.29, 0.717) is 17.4 Å². The second kappa shape index (κ2) is 5.31. The number of carbonyl (C=O) groups excluding carboxylic acids is 1. The molecule has 2 aromatic heterocycles. The molecule has 4 N–H and O–H groups in total. The van der Waals surface area contributed by atoms with Gasteiger partial charge in [-0.05, 0) is 6.07 Å². The van der Waals surface area contributed by atoms with E-state index in [2.05, 4.69) is 25.8 Å². The third-order valence-corrected chi connectivity index (χ3v) is 2.39. The van der Waals surface area contributed by atoms with Gasteiger partial charge < -0.3 is 15.5 Å². The number of anilines is 1. The van der Waals surface area contributed by atoms with E-state index in [1.54, 1.807) is 12.3 Å². The van der Waals surface area contributed by atoms with Crippen LogP contribution in [0.4, 0.5) is 5.82 Å². The zero-order chi connectivity index (χ0) is 13.8. The quantitative estimate of drug-likeness (QED) is 0.493. The molecule has 0 aliphatic carbocycles. The SMILES string of the molecule is CNC(=O)c1ccn(-c2ncnc(NN)c2OC)n1. The van der Waals surface area contributed by atoms with Gasteiger partial charge in [0.15, 0.2) is 11.5 Å². The van der Waals surface area contributed by atoms with Crippen molar-refractivity contribution in [1.29, 1.82) is 0 Å². The Balaban J connectivity index is 2.47. The maximum absolute atomic E-state index is 11.5. The lowest BCUT2D eigenvalue weighted by Crippen LogP contribution is -2.19. The molecule has 0 aliphatic rings. The third-order valence-electron chi connectivity index (χ3n) is 2.39. The van der Waals surface area contributed by atoms with Gasteiger partial charge in [0.05, 0.1) is 7.11 Å². The van der Waals surface area contributed by atoms with Crippen LogP contribution in [0, 0.1) is 0 Å². The van der Waals surface area contributed by atoms with Crippen molar-refractivity contribution >= 4 is 11.7 Å². The van der Waals surface area contributed by atoms with E-state index >= 15 is 0 Å². The second-order valence-corrected chi connectivity index (χ2v) is 3.45. The highest BCUT2D eigenvalue weighted by molar-refractivity contribution is 5.91. The summed E-state index contributed by atoms with van der Waals surface area (Å²) in [5.74, 6) is 6.08. The topological polar surface area (TPSA) is 120 Å². The fraction of sp³-hybridized carbons (Fsp3) is 0.200. The van der Waals surface area contributed by atoms with Gasteiger partial charge in [-0.2, -0.15) is 5.10 Å². The van der Waals surface area contributed by atoms with E-state index in [0.717, 1.165) is 0 Å². The van der Waals surface area contributed by atoms with Crippen molar-refractivity contribution in [2.24, 2.45) is 5.84 Å². The predicted molar refractivity (Wildman–Crippen MR) is 66.9 cm³/mol. The number of nitrogen functional groups attached to an aromatic ring is 1. The smallest absolute Gasteiger partial charge is 0.271 e. The maximum Gasteiger partial charge on any atom is 0.271 e. The average Bonchev–Trinajstić information content (AvgIpc) is 2.95. The van der Waals surface area contributed by atoms with E-state index in [1.165, 1.54) is 25.2 Å². The fourth-order valence-electron chi connectivity index (χ4n) is 1.51. The van der Waals surface area contributed by atoms with Crippen LogP contribution in [0.25, 0.3) is 5.82 Å². The predicted octanol–water partition coefficient (Wildman–Crippen LogP) is -0.684. The molecular weight excluding hydrogens is 250 g/mol. The molecule has 0 spiro atoms. The van der Waals surface area contributed by atoms with Crippen molar-refractivity contribution in [3.05, 3.63) is 24.3 Å². The number of methoxy groups -OCH3 is 1. The molecule has 0 saturated carbocycles. The molecule has 0 atom stereocenters. The summed E-state index contributed by atoms with van der Waals surface area (Å²) in [6, 6.07) is 1.57. The summed E-state index contributed by atoms with van der Waals surface area (Å²) in [7, 11) is 3.00. The largest absolute Gasteiger partial charge is 0.490 e. The van der Waals surface area contributed by atoms with Crippen molar-refractivity contribution < 1.29 is 9.53 Å². The third kappa shape index (κ3) is 2.31. The number of nitrogens with two attached hydrogens (primary N) is 1. The molecule has 0 fully saturated rings. The summed E-state index contributed by atoms with van der Waals surface area (Å²) in [5.41, 5.74) is 2.67. The lowest BCUT2D eigenvalue weighted by Gasteiger charge is -2.10. The molecule has 0 aromatic carbocycles. The Morgan fingerprint density at radius 2 is 2.26 bits per heavy atom. The van der Waals surface area contributed by atoms with Crippen LogP contribution in [0.5, 0.6) is 5.75 Å². The first-order valence-electron chi connectivity index (χ1n) is 5.35. The van der Waals surface area contributed by atoms with Crippen molar-refractivity contribution in [2.45, 2.75) is 0 Å². The molecule has 0 bridgehead atoms. The van der Waals surface area contributed by atoms with Crippen LogP contribution in [0.3, 0.4) is 0 Å². The summed E-state index contributed by atoms with van der Waals surface area (Å²) < 4.78 is 6.60. The molecule has 0 aliphatic heterocycles. The van der Waals surface area contributed by atoms with Crippen LogP contribution in [0.1, 0.15) is 10.5 Å². The van der Waals surface area contributed by atoms with E-state index < -0.39 is 0 Å². The van der Waals surface area contributed by atoms with Crippen LogP contribution in [0.15, 0.2) is 18.6 Å². The monoisotopic (exact) mass is 263 g/mol. The molecule has 1 amide bonds. The van der Waals surface area contributed by atoms with Gasteiger partial charge >= 0.3 is 0 Å². The highest BCUT2D eigenvalue weighted by Gasteiger charge is 2.15. The summed E-state index contributed by atoms with van der Waals surface area (Å²) in [5, 5.41) is 6.59.